The molecule has 2 heterocycles. The van der Waals surface area contributed by atoms with Gasteiger partial charge in [0.15, 0.2) is 11.3 Å². The molecule has 0 atom stereocenters. The molecule has 6 nitrogen and oxygen atoms in total. The highest BCUT2D eigenvalue weighted by atomic mass is 127. The predicted octanol–water partition coefficient (Wildman–Crippen LogP) is 5.23. The molecule has 29 heavy (non-hydrogen) atoms. The summed E-state index contributed by atoms with van der Waals surface area (Å²) < 4.78 is 8.31. The number of amides is 1. The molecular formula is C22H21IN4O2. The van der Waals surface area contributed by atoms with Crippen molar-refractivity contribution in [2.24, 2.45) is 0 Å². The van der Waals surface area contributed by atoms with Crippen LogP contribution in [-0.2, 0) is 12.0 Å². The van der Waals surface area contributed by atoms with E-state index in [9.17, 15) is 4.79 Å². The molecule has 0 saturated heterocycles. The molecule has 0 aliphatic rings. The summed E-state index contributed by atoms with van der Waals surface area (Å²) in [5.74, 6) is -0.316. The van der Waals surface area contributed by atoms with Gasteiger partial charge in [0.2, 0.25) is 0 Å². The summed E-state index contributed by atoms with van der Waals surface area (Å²) in [7, 11) is 0. The van der Waals surface area contributed by atoms with Gasteiger partial charge in [-0.15, -0.1) is 0 Å². The number of carbonyl (C=O) groups excluding carboxylic acids is 1. The fourth-order valence-electron chi connectivity index (χ4n) is 3.05. The standard InChI is InChI=1S/C22H21IN4O2/c1-22(2,3)15-6-9-19-18(10-15)20(26-29-19)21(28)25-17-11-24-27(13-17)12-14-4-7-16(23)8-5-14/h4-11,13H,12H2,1-3H3,(H,25,28). The van der Waals surface area contributed by atoms with Gasteiger partial charge >= 0.3 is 0 Å². The maximum atomic E-state index is 12.8. The Kier molecular flexibility index (Phi) is 5.16. The molecule has 2 aromatic heterocycles. The second-order valence-corrected chi connectivity index (χ2v) is 9.24. The Bertz CT molecular complexity index is 1170. The van der Waals surface area contributed by atoms with Gasteiger partial charge in [-0.1, -0.05) is 44.1 Å². The molecule has 0 aliphatic heterocycles. The summed E-state index contributed by atoms with van der Waals surface area (Å²) in [6, 6.07) is 14.1. The number of aromatic nitrogens is 3. The number of fused-ring (bicyclic) bond motifs is 1. The first-order valence-electron chi connectivity index (χ1n) is 9.28. The molecule has 0 fully saturated rings. The minimum atomic E-state index is -0.316. The van der Waals surface area contributed by atoms with E-state index in [1.807, 2.05) is 18.2 Å². The molecule has 0 spiro atoms. The molecule has 4 aromatic rings. The second kappa shape index (κ2) is 7.62. The van der Waals surface area contributed by atoms with Crippen molar-refractivity contribution in [1.82, 2.24) is 14.9 Å². The van der Waals surface area contributed by atoms with Gasteiger partial charge in [0.1, 0.15) is 0 Å². The van der Waals surface area contributed by atoms with E-state index in [1.54, 1.807) is 17.1 Å². The SMILES string of the molecule is CC(C)(C)c1ccc2onc(C(=O)Nc3cnn(Cc4ccc(I)cc4)c3)c2c1. The van der Waals surface area contributed by atoms with Gasteiger partial charge in [0.25, 0.3) is 5.91 Å². The summed E-state index contributed by atoms with van der Waals surface area (Å²) in [5, 5.41) is 11.9. The van der Waals surface area contributed by atoms with Crippen LogP contribution in [0.5, 0.6) is 0 Å². The van der Waals surface area contributed by atoms with Crippen molar-refractivity contribution >= 4 is 45.2 Å². The number of nitrogens with zero attached hydrogens (tertiary/aromatic N) is 3. The molecule has 1 amide bonds. The molecule has 148 valence electrons. The Hall–Kier alpha value is -2.68. The Balaban J connectivity index is 1.52. The highest BCUT2D eigenvalue weighted by Gasteiger charge is 2.20. The van der Waals surface area contributed by atoms with Crippen LogP contribution in [0.3, 0.4) is 0 Å². The number of benzene rings is 2. The minimum Gasteiger partial charge on any atom is -0.355 e. The number of hydrogen-bond donors (Lipinski definition) is 1. The van der Waals surface area contributed by atoms with Gasteiger partial charge < -0.3 is 9.84 Å². The van der Waals surface area contributed by atoms with Crippen LogP contribution in [0.4, 0.5) is 5.69 Å². The normalized spacial score (nSPS) is 11.7. The number of nitrogens with one attached hydrogen (secondary N) is 1. The fraction of sp³-hybridized carbons (Fsp3) is 0.227. The van der Waals surface area contributed by atoms with E-state index < -0.39 is 0 Å². The van der Waals surface area contributed by atoms with Gasteiger partial charge in [-0.25, -0.2) is 0 Å². The van der Waals surface area contributed by atoms with Gasteiger partial charge in [0.05, 0.1) is 23.8 Å². The first kappa shape index (κ1) is 19.6. The van der Waals surface area contributed by atoms with Crippen molar-refractivity contribution in [3.63, 3.8) is 0 Å². The highest BCUT2D eigenvalue weighted by Crippen LogP contribution is 2.28. The maximum absolute atomic E-state index is 12.8. The summed E-state index contributed by atoms with van der Waals surface area (Å²) in [4.78, 5) is 12.8. The third-order valence-corrected chi connectivity index (χ3v) is 5.42. The lowest BCUT2D eigenvalue weighted by Crippen LogP contribution is -2.13. The zero-order valence-corrected chi connectivity index (χ0v) is 18.6. The third kappa shape index (κ3) is 4.34. The Morgan fingerprint density at radius 3 is 2.66 bits per heavy atom. The molecule has 2 aromatic carbocycles. The molecule has 0 aliphatic carbocycles. The van der Waals surface area contributed by atoms with Crippen LogP contribution in [0.1, 0.15) is 42.4 Å². The van der Waals surface area contributed by atoms with Crippen LogP contribution in [0.25, 0.3) is 11.0 Å². The van der Waals surface area contributed by atoms with Crippen molar-refractivity contribution in [3.05, 3.63) is 75.2 Å². The minimum absolute atomic E-state index is 0.0319. The molecule has 0 bridgehead atoms. The topological polar surface area (TPSA) is 73.0 Å². The first-order valence-corrected chi connectivity index (χ1v) is 10.4. The number of anilines is 1. The van der Waals surface area contributed by atoms with Crippen LogP contribution in [0.2, 0.25) is 0 Å². The van der Waals surface area contributed by atoms with E-state index in [0.29, 0.717) is 23.2 Å². The van der Waals surface area contributed by atoms with Gasteiger partial charge in [0, 0.05) is 9.77 Å². The van der Waals surface area contributed by atoms with E-state index in [1.165, 1.54) is 3.57 Å². The number of halogens is 1. The third-order valence-electron chi connectivity index (χ3n) is 4.70. The lowest BCUT2D eigenvalue weighted by molar-refractivity contribution is 0.102. The van der Waals surface area contributed by atoms with Crippen LogP contribution in [0.15, 0.2) is 59.4 Å². The van der Waals surface area contributed by atoms with Crippen LogP contribution < -0.4 is 5.32 Å². The Morgan fingerprint density at radius 2 is 1.93 bits per heavy atom. The van der Waals surface area contributed by atoms with Crippen molar-refractivity contribution in [3.8, 4) is 0 Å². The summed E-state index contributed by atoms with van der Waals surface area (Å²) >= 11 is 2.28. The fourth-order valence-corrected chi connectivity index (χ4v) is 3.41. The smallest absolute Gasteiger partial charge is 0.278 e. The lowest BCUT2D eigenvalue weighted by atomic mass is 9.86. The molecule has 0 unspecified atom stereocenters. The summed E-state index contributed by atoms with van der Waals surface area (Å²) in [6.07, 6.45) is 3.44. The number of rotatable bonds is 4. The molecule has 1 N–H and O–H groups in total. The van der Waals surface area contributed by atoms with Crippen molar-refractivity contribution in [1.29, 1.82) is 0 Å². The zero-order valence-electron chi connectivity index (χ0n) is 16.4. The molecular weight excluding hydrogens is 479 g/mol. The summed E-state index contributed by atoms with van der Waals surface area (Å²) in [6.45, 7) is 7.02. The lowest BCUT2D eigenvalue weighted by Gasteiger charge is -2.18. The quantitative estimate of drug-likeness (QED) is 0.390. The van der Waals surface area contributed by atoms with E-state index in [0.717, 1.165) is 11.1 Å². The molecule has 0 saturated carbocycles. The molecule has 4 rings (SSSR count). The van der Waals surface area contributed by atoms with Crippen LogP contribution in [0, 0.1) is 3.57 Å². The first-order chi connectivity index (χ1) is 13.8. The maximum Gasteiger partial charge on any atom is 0.278 e. The van der Waals surface area contributed by atoms with E-state index in [2.05, 4.69) is 83.2 Å². The Labute approximate surface area is 182 Å². The van der Waals surface area contributed by atoms with Crippen LogP contribution >= 0.6 is 22.6 Å². The van der Waals surface area contributed by atoms with Crippen molar-refractivity contribution < 1.29 is 9.32 Å². The average Bonchev–Trinajstić information content (AvgIpc) is 3.29. The summed E-state index contributed by atoms with van der Waals surface area (Å²) in [5.41, 5.74) is 3.71. The van der Waals surface area contributed by atoms with E-state index >= 15 is 0 Å². The van der Waals surface area contributed by atoms with E-state index in [-0.39, 0.29) is 17.0 Å². The second-order valence-electron chi connectivity index (χ2n) is 8.00. The Morgan fingerprint density at radius 1 is 1.17 bits per heavy atom. The predicted molar refractivity (Wildman–Crippen MR) is 121 cm³/mol. The number of hydrogen-bond acceptors (Lipinski definition) is 4. The monoisotopic (exact) mass is 500 g/mol. The van der Waals surface area contributed by atoms with E-state index in [4.69, 9.17) is 4.52 Å². The van der Waals surface area contributed by atoms with Gasteiger partial charge in [-0.2, -0.15) is 5.10 Å². The average molecular weight is 500 g/mol. The molecule has 7 heteroatoms. The van der Waals surface area contributed by atoms with Crippen molar-refractivity contribution in [2.75, 3.05) is 5.32 Å². The largest absolute Gasteiger partial charge is 0.355 e. The van der Waals surface area contributed by atoms with Crippen LogP contribution in [-0.4, -0.2) is 20.8 Å². The number of carbonyl (C=O) groups is 1. The zero-order chi connectivity index (χ0) is 20.6. The van der Waals surface area contributed by atoms with Gasteiger partial charge in [-0.3, -0.25) is 9.48 Å². The van der Waals surface area contributed by atoms with Crippen molar-refractivity contribution in [2.45, 2.75) is 32.7 Å². The van der Waals surface area contributed by atoms with Gasteiger partial charge in [-0.05, 0) is 63.4 Å². The highest BCUT2D eigenvalue weighted by molar-refractivity contribution is 14.1. The molecule has 0 radical (unpaired) electrons.